The van der Waals surface area contributed by atoms with E-state index in [1.54, 1.807) is 6.26 Å². The van der Waals surface area contributed by atoms with Gasteiger partial charge < -0.3 is 14.1 Å². The topological polar surface area (TPSA) is 45.9 Å². The largest absolute Gasteiger partial charge is 0.464 e. The summed E-state index contributed by atoms with van der Waals surface area (Å²) in [5.41, 5.74) is 1.88. The van der Waals surface area contributed by atoms with Gasteiger partial charge in [0.15, 0.2) is 0 Å². The Balaban J connectivity index is 1.53. The number of nitrogens with zero attached hydrogens (tertiary/aromatic N) is 2. The SMILES string of the molecule is CO[C@H]1CCC[C@@H](N(C)C(=O)Cc2cccc3occc23)[C@@H]1N1CCCC1. The summed E-state index contributed by atoms with van der Waals surface area (Å²) in [6.07, 6.45) is 8.07. The highest BCUT2D eigenvalue weighted by Gasteiger charge is 2.41. The molecule has 0 unspecified atom stereocenters. The van der Waals surface area contributed by atoms with E-state index in [0.29, 0.717) is 12.5 Å². The van der Waals surface area contributed by atoms with Gasteiger partial charge in [-0.2, -0.15) is 0 Å². The van der Waals surface area contributed by atoms with Crippen LogP contribution in [0.1, 0.15) is 37.7 Å². The molecule has 2 heterocycles. The van der Waals surface area contributed by atoms with Gasteiger partial charge in [-0.15, -0.1) is 0 Å². The van der Waals surface area contributed by atoms with E-state index in [4.69, 9.17) is 9.15 Å². The van der Waals surface area contributed by atoms with E-state index in [9.17, 15) is 4.79 Å². The number of likely N-dealkylation sites (tertiary alicyclic amines) is 1. The maximum Gasteiger partial charge on any atom is 0.227 e. The molecule has 1 saturated heterocycles. The van der Waals surface area contributed by atoms with Crippen LogP contribution in [0.2, 0.25) is 0 Å². The van der Waals surface area contributed by atoms with Gasteiger partial charge in [0.25, 0.3) is 0 Å². The predicted octanol–water partition coefficient (Wildman–Crippen LogP) is 3.47. The monoisotopic (exact) mass is 370 g/mol. The Morgan fingerprint density at radius 3 is 2.81 bits per heavy atom. The van der Waals surface area contributed by atoms with Gasteiger partial charge in [-0.25, -0.2) is 0 Å². The van der Waals surface area contributed by atoms with E-state index in [1.807, 2.05) is 43.3 Å². The molecule has 0 bridgehead atoms. The molecule has 2 aromatic rings. The summed E-state index contributed by atoms with van der Waals surface area (Å²) in [6, 6.07) is 8.42. The molecule has 1 amide bonds. The van der Waals surface area contributed by atoms with Gasteiger partial charge in [-0.3, -0.25) is 9.69 Å². The van der Waals surface area contributed by atoms with Crippen LogP contribution < -0.4 is 0 Å². The lowest BCUT2D eigenvalue weighted by Crippen LogP contribution is -2.59. The first-order chi connectivity index (χ1) is 13.2. The van der Waals surface area contributed by atoms with Gasteiger partial charge in [0.1, 0.15) is 5.58 Å². The van der Waals surface area contributed by atoms with Crippen LogP contribution in [0.15, 0.2) is 34.9 Å². The van der Waals surface area contributed by atoms with Crippen molar-refractivity contribution < 1.29 is 13.9 Å². The summed E-state index contributed by atoms with van der Waals surface area (Å²) >= 11 is 0. The van der Waals surface area contributed by atoms with Crippen molar-refractivity contribution in [2.24, 2.45) is 0 Å². The zero-order valence-electron chi connectivity index (χ0n) is 16.4. The average molecular weight is 370 g/mol. The third-order valence-corrected chi connectivity index (χ3v) is 6.45. The van der Waals surface area contributed by atoms with Gasteiger partial charge in [0.2, 0.25) is 5.91 Å². The summed E-state index contributed by atoms with van der Waals surface area (Å²) in [5, 5.41) is 1.04. The normalized spacial score (nSPS) is 26.5. The van der Waals surface area contributed by atoms with Gasteiger partial charge in [0, 0.05) is 25.6 Å². The molecular weight excluding hydrogens is 340 g/mol. The molecular formula is C22H30N2O3. The minimum absolute atomic E-state index is 0.176. The number of carbonyl (C=O) groups excluding carboxylic acids is 1. The fraction of sp³-hybridized carbons (Fsp3) is 0.591. The molecule has 1 aliphatic carbocycles. The highest BCUT2D eigenvalue weighted by atomic mass is 16.5. The lowest BCUT2D eigenvalue weighted by Gasteiger charge is -2.46. The van der Waals surface area contributed by atoms with E-state index < -0.39 is 0 Å². The van der Waals surface area contributed by atoms with Gasteiger partial charge >= 0.3 is 0 Å². The number of rotatable bonds is 5. The van der Waals surface area contributed by atoms with Crippen LogP contribution in [0.25, 0.3) is 11.0 Å². The summed E-state index contributed by atoms with van der Waals surface area (Å²) < 4.78 is 11.3. The van der Waals surface area contributed by atoms with Crippen LogP contribution in [-0.2, 0) is 16.0 Å². The standard InChI is InChI=1S/C22H30N2O3/c1-23(21(25)15-16-7-5-9-19-17(16)11-14-27-19)18-8-6-10-20(26-2)22(18)24-12-3-4-13-24/h5,7,9,11,14,18,20,22H,3-4,6,8,10,12-13,15H2,1-2H3/t18-,20+,22+/m1/s1. The molecule has 5 heteroatoms. The molecule has 1 saturated carbocycles. The quantitative estimate of drug-likeness (QED) is 0.809. The van der Waals surface area contributed by atoms with Gasteiger partial charge in [-0.1, -0.05) is 12.1 Å². The number of hydrogen-bond donors (Lipinski definition) is 0. The summed E-state index contributed by atoms with van der Waals surface area (Å²) in [5.74, 6) is 0.176. The first-order valence-electron chi connectivity index (χ1n) is 10.2. The van der Waals surface area contributed by atoms with Crippen LogP contribution in [0.5, 0.6) is 0 Å². The van der Waals surface area contributed by atoms with Crippen molar-refractivity contribution in [1.82, 2.24) is 9.80 Å². The second-order valence-electron chi connectivity index (χ2n) is 7.94. The van der Waals surface area contributed by atoms with E-state index in [2.05, 4.69) is 4.90 Å². The molecule has 5 nitrogen and oxygen atoms in total. The van der Waals surface area contributed by atoms with E-state index >= 15 is 0 Å². The van der Waals surface area contributed by atoms with E-state index in [1.165, 1.54) is 12.8 Å². The number of amides is 1. The van der Waals surface area contributed by atoms with Crippen molar-refractivity contribution in [3.05, 3.63) is 36.1 Å². The van der Waals surface area contributed by atoms with Crippen LogP contribution in [-0.4, -0.2) is 61.1 Å². The number of fused-ring (bicyclic) bond motifs is 1. The Labute approximate surface area is 161 Å². The summed E-state index contributed by atoms with van der Waals surface area (Å²) in [4.78, 5) is 17.7. The fourth-order valence-electron chi connectivity index (χ4n) is 5.00. The Morgan fingerprint density at radius 2 is 2.04 bits per heavy atom. The predicted molar refractivity (Wildman–Crippen MR) is 106 cm³/mol. The molecule has 0 spiro atoms. The van der Waals surface area contributed by atoms with Crippen molar-refractivity contribution >= 4 is 16.9 Å². The van der Waals surface area contributed by atoms with Crippen molar-refractivity contribution in [2.75, 3.05) is 27.2 Å². The maximum absolute atomic E-state index is 13.2. The second-order valence-corrected chi connectivity index (χ2v) is 7.94. The molecule has 27 heavy (non-hydrogen) atoms. The number of furan rings is 1. The first-order valence-corrected chi connectivity index (χ1v) is 10.2. The Bertz CT molecular complexity index is 779. The molecule has 1 aromatic heterocycles. The van der Waals surface area contributed by atoms with E-state index in [-0.39, 0.29) is 18.1 Å². The number of methoxy groups -OCH3 is 1. The van der Waals surface area contributed by atoms with E-state index in [0.717, 1.165) is 48.9 Å². The molecule has 3 atom stereocenters. The van der Waals surface area contributed by atoms with Crippen LogP contribution in [0.4, 0.5) is 0 Å². The maximum atomic E-state index is 13.2. The zero-order chi connectivity index (χ0) is 18.8. The molecule has 4 rings (SSSR count). The van der Waals surface area contributed by atoms with Gasteiger partial charge in [0.05, 0.1) is 24.8 Å². The third-order valence-electron chi connectivity index (χ3n) is 6.45. The highest BCUT2D eigenvalue weighted by molar-refractivity contribution is 5.87. The minimum atomic E-state index is 0.176. The highest BCUT2D eigenvalue weighted by Crippen LogP contribution is 2.31. The Hall–Kier alpha value is -1.85. The van der Waals surface area contributed by atoms with Crippen LogP contribution in [0, 0.1) is 0 Å². The molecule has 0 radical (unpaired) electrons. The molecule has 0 N–H and O–H groups in total. The number of ether oxygens (including phenoxy) is 1. The average Bonchev–Trinajstić information content (AvgIpc) is 3.38. The van der Waals surface area contributed by atoms with Crippen LogP contribution in [0.3, 0.4) is 0 Å². The van der Waals surface area contributed by atoms with Gasteiger partial charge in [-0.05, 0) is 62.9 Å². The molecule has 146 valence electrons. The molecule has 2 aliphatic rings. The number of hydrogen-bond acceptors (Lipinski definition) is 4. The van der Waals surface area contributed by atoms with Crippen molar-refractivity contribution in [3.63, 3.8) is 0 Å². The molecule has 1 aromatic carbocycles. The van der Waals surface area contributed by atoms with Crippen molar-refractivity contribution in [1.29, 1.82) is 0 Å². The van der Waals surface area contributed by atoms with Crippen molar-refractivity contribution in [2.45, 2.75) is 56.7 Å². The number of likely N-dealkylation sites (N-methyl/N-ethyl adjacent to an activating group) is 1. The fourth-order valence-corrected chi connectivity index (χ4v) is 5.00. The smallest absolute Gasteiger partial charge is 0.227 e. The lowest BCUT2D eigenvalue weighted by atomic mass is 9.85. The summed E-state index contributed by atoms with van der Waals surface area (Å²) in [7, 11) is 3.79. The number of carbonyl (C=O) groups is 1. The van der Waals surface area contributed by atoms with Crippen molar-refractivity contribution in [3.8, 4) is 0 Å². The summed E-state index contributed by atoms with van der Waals surface area (Å²) in [6.45, 7) is 2.24. The second kappa shape index (κ2) is 8.03. The zero-order valence-corrected chi connectivity index (χ0v) is 16.4. The third kappa shape index (κ3) is 3.63. The molecule has 1 aliphatic heterocycles. The minimum Gasteiger partial charge on any atom is -0.464 e. The van der Waals surface area contributed by atoms with Crippen LogP contribution >= 0.6 is 0 Å². The first kappa shape index (κ1) is 18.5. The lowest BCUT2D eigenvalue weighted by molar-refractivity contribution is -0.136. The number of benzene rings is 1. The Kier molecular flexibility index (Phi) is 5.50. The molecule has 2 fully saturated rings. The Morgan fingerprint density at radius 1 is 1.22 bits per heavy atom.